The van der Waals surface area contributed by atoms with Gasteiger partial charge in [0.2, 0.25) is 0 Å². The molecule has 0 aromatic heterocycles. The largest absolute Gasteiger partial charge is 0.347 e. The van der Waals surface area contributed by atoms with Crippen molar-refractivity contribution < 1.29 is 17.4 Å². The van der Waals surface area contributed by atoms with Crippen LogP contribution in [0.1, 0.15) is 46.5 Å². The lowest BCUT2D eigenvalue weighted by Crippen LogP contribution is -2.26. The van der Waals surface area contributed by atoms with Gasteiger partial charge >= 0.3 is 17.0 Å². The summed E-state index contributed by atoms with van der Waals surface area (Å²) in [6, 6.07) is 0. The molecule has 0 amide bonds. The molecule has 84 valence electrons. The summed E-state index contributed by atoms with van der Waals surface area (Å²) in [5.41, 5.74) is -0.704. The maximum absolute atomic E-state index is 11.3. The van der Waals surface area contributed by atoms with Gasteiger partial charge in [-0.15, -0.1) is 0 Å². The summed E-state index contributed by atoms with van der Waals surface area (Å²) in [6.45, 7) is 5.47. The number of carbonyl (C=O) groups is 1. The van der Waals surface area contributed by atoms with Crippen molar-refractivity contribution in [1.82, 2.24) is 0 Å². The molecule has 0 bridgehead atoms. The Hall–Kier alpha value is -0.580. The van der Waals surface area contributed by atoms with Gasteiger partial charge in [-0.3, -0.25) is 4.79 Å². The first-order valence-corrected chi connectivity index (χ1v) is 5.86. The van der Waals surface area contributed by atoms with Crippen molar-refractivity contribution in [1.29, 1.82) is 0 Å². The predicted octanol–water partition coefficient (Wildman–Crippen LogP) is 1.66. The van der Waals surface area contributed by atoms with Gasteiger partial charge in [0.25, 0.3) is 0 Å². The van der Waals surface area contributed by atoms with Crippen LogP contribution in [0.3, 0.4) is 0 Å². The monoisotopic (exact) mass is 222 g/mol. The number of carbonyl (C=O) groups excluding carboxylic acids is 1. The third-order valence-electron chi connectivity index (χ3n) is 2.12. The first-order chi connectivity index (χ1) is 6.40. The molecule has 14 heavy (non-hydrogen) atoms. The zero-order valence-electron chi connectivity index (χ0n) is 8.91. The van der Waals surface area contributed by atoms with Crippen LogP contribution < -0.4 is 0 Å². The molecule has 0 aromatic carbocycles. The van der Waals surface area contributed by atoms with Crippen molar-refractivity contribution in [2.24, 2.45) is 5.41 Å². The summed E-state index contributed by atoms with van der Waals surface area (Å²) in [7, 11) is -3.07. The molecule has 5 heteroatoms. The quantitative estimate of drug-likeness (QED) is 0.548. The molecule has 0 rings (SSSR count). The highest BCUT2D eigenvalue weighted by Gasteiger charge is 2.29. The Morgan fingerprint density at radius 2 is 1.86 bits per heavy atom. The molecule has 0 aliphatic rings. The fourth-order valence-electron chi connectivity index (χ4n) is 1.11. The third-order valence-corrected chi connectivity index (χ3v) is 2.43. The zero-order valence-corrected chi connectivity index (χ0v) is 9.80. The Balaban J connectivity index is 4.09. The molecule has 0 atom stereocenters. The van der Waals surface area contributed by atoms with Crippen molar-refractivity contribution in [2.75, 3.05) is 0 Å². The first kappa shape index (κ1) is 13.4. The van der Waals surface area contributed by atoms with Crippen LogP contribution in [0.4, 0.5) is 0 Å². The van der Waals surface area contributed by atoms with Crippen LogP contribution in [0.2, 0.25) is 0 Å². The molecular formula is C9H18O4S. The van der Waals surface area contributed by atoms with Crippen LogP contribution in [0.5, 0.6) is 0 Å². The normalized spacial score (nSPS) is 11.7. The molecule has 0 unspecified atom stereocenters. The van der Waals surface area contributed by atoms with Gasteiger partial charge in [0.1, 0.15) is 0 Å². The minimum absolute atomic E-state index is 0.656. The second-order valence-electron chi connectivity index (χ2n) is 3.94. The van der Waals surface area contributed by atoms with Crippen LogP contribution >= 0.6 is 0 Å². The summed E-state index contributed by atoms with van der Waals surface area (Å²) in [4.78, 5) is 11.3. The van der Waals surface area contributed by atoms with Gasteiger partial charge in [0, 0.05) is 0 Å². The number of unbranched alkanes of at least 4 members (excludes halogenated alkanes) is 2. The SMILES string of the molecule is CCCCCC(C)(C)C(=O)O[SH](=O)=O. The average molecular weight is 222 g/mol. The van der Waals surface area contributed by atoms with Crippen LogP contribution in [-0.2, 0) is 20.0 Å². The van der Waals surface area contributed by atoms with E-state index in [-0.39, 0.29) is 0 Å². The van der Waals surface area contributed by atoms with Gasteiger partial charge < -0.3 is 4.18 Å². The van der Waals surface area contributed by atoms with E-state index in [1.54, 1.807) is 13.8 Å². The molecule has 0 aromatic rings. The Morgan fingerprint density at radius 1 is 1.29 bits per heavy atom. The van der Waals surface area contributed by atoms with Gasteiger partial charge in [-0.05, 0) is 20.3 Å². The summed E-state index contributed by atoms with van der Waals surface area (Å²) < 4.78 is 24.5. The van der Waals surface area contributed by atoms with Gasteiger partial charge in [0.05, 0.1) is 5.41 Å². The van der Waals surface area contributed by atoms with Crippen molar-refractivity contribution in [2.45, 2.75) is 46.5 Å². The van der Waals surface area contributed by atoms with E-state index in [4.69, 9.17) is 0 Å². The lowest BCUT2D eigenvalue weighted by atomic mass is 9.87. The Bertz CT molecular complexity index is 248. The molecule has 0 spiro atoms. The summed E-state index contributed by atoms with van der Waals surface area (Å²) >= 11 is 0. The minimum Gasteiger partial charge on any atom is -0.347 e. The van der Waals surface area contributed by atoms with Crippen LogP contribution in [0, 0.1) is 5.41 Å². The molecule has 0 N–H and O–H groups in total. The van der Waals surface area contributed by atoms with Gasteiger partial charge in [-0.25, -0.2) is 0 Å². The van der Waals surface area contributed by atoms with E-state index >= 15 is 0 Å². The van der Waals surface area contributed by atoms with Crippen LogP contribution in [0.15, 0.2) is 0 Å². The summed E-state index contributed by atoms with van der Waals surface area (Å²) in [5.74, 6) is -0.662. The second kappa shape index (κ2) is 6.01. The Labute approximate surface area is 86.8 Å². The van der Waals surface area contributed by atoms with E-state index in [9.17, 15) is 13.2 Å². The van der Waals surface area contributed by atoms with Crippen molar-refractivity contribution in [3.8, 4) is 0 Å². The van der Waals surface area contributed by atoms with Crippen LogP contribution in [-0.4, -0.2) is 14.4 Å². The molecule has 0 fully saturated rings. The summed E-state index contributed by atoms with van der Waals surface area (Å²) in [5, 5.41) is 0. The maximum atomic E-state index is 11.3. The molecule has 0 radical (unpaired) electrons. The number of hydrogen-bond acceptors (Lipinski definition) is 4. The van der Waals surface area contributed by atoms with Gasteiger partial charge in [0.15, 0.2) is 0 Å². The Morgan fingerprint density at radius 3 is 2.29 bits per heavy atom. The topological polar surface area (TPSA) is 60.4 Å². The molecule has 0 aliphatic heterocycles. The number of thiol groups is 1. The zero-order chi connectivity index (χ0) is 11.2. The van der Waals surface area contributed by atoms with E-state index in [0.717, 1.165) is 19.3 Å². The Kier molecular flexibility index (Phi) is 5.76. The lowest BCUT2D eigenvalue weighted by molar-refractivity contribution is -0.143. The van der Waals surface area contributed by atoms with Crippen molar-refractivity contribution >= 4 is 17.0 Å². The minimum atomic E-state index is -3.07. The van der Waals surface area contributed by atoms with Crippen molar-refractivity contribution in [3.05, 3.63) is 0 Å². The lowest BCUT2D eigenvalue weighted by Gasteiger charge is -2.19. The molecule has 0 aliphatic carbocycles. The van der Waals surface area contributed by atoms with Crippen LogP contribution in [0.25, 0.3) is 0 Å². The van der Waals surface area contributed by atoms with Crippen molar-refractivity contribution in [3.63, 3.8) is 0 Å². The van der Waals surface area contributed by atoms with Gasteiger partial charge in [-0.2, -0.15) is 8.42 Å². The van der Waals surface area contributed by atoms with E-state index in [2.05, 4.69) is 11.1 Å². The third kappa shape index (κ3) is 5.21. The highest BCUT2D eigenvalue weighted by molar-refractivity contribution is 7.67. The van der Waals surface area contributed by atoms with E-state index in [0.29, 0.717) is 6.42 Å². The predicted molar refractivity (Wildman–Crippen MR) is 54.3 cm³/mol. The summed E-state index contributed by atoms with van der Waals surface area (Å²) in [6.07, 6.45) is 3.68. The molecule has 4 nitrogen and oxygen atoms in total. The van der Waals surface area contributed by atoms with E-state index < -0.39 is 22.4 Å². The average Bonchev–Trinajstić information content (AvgIpc) is 2.03. The number of hydrogen-bond donors (Lipinski definition) is 1. The maximum Gasteiger partial charge on any atom is 0.327 e. The second-order valence-corrected chi connectivity index (χ2v) is 4.57. The highest BCUT2D eigenvalue weighted by atomic mass is 32.2. The van der Waals surface area contributed by atoms with Gasteiger partial charge in [-0.1, -0.05) is 26.2 Å². The molecular weight excluding hydrogens is 204 g/mol. The molecule has 0 heterocycles. The smallest absolute Gasteiger partial charge is 0.327 e. The fourth-order valence-corrected chi connectivity index (χ4v) is 1.49. The van der Waals surface area contributed by atoms with E-state index in [1.165, 1.54) is 0 Å². The number of rotatable bonds is 6. The fraction of sp³-hybridized carbons (Fsp3) is 0.889. The molecule has 0 saturated carbocycles. The highest BCUT2D eigenvalue weighted by Crippen LogP contribution is 2.25. The molecule has 0 saturated heterocycles. The van der Waals surface area contributed by atoms with E-state index in [1.807, 2.05) is 0 Å². The standard InChI is InChI=1S/C9H18O4S/c1-4-5-6-7-9(2,3)8(10)13-14(11)12/h14H,4-7H2,1-3H3. The first-order valence-electron chi connectivity index (χ1n) is 4.77.